The molecule has 2 aromatic carbocycles. The maximum Gasteiger partial charge on any atom is 0.0977 e. The van der Waals surface area contributed by atoms with Gasteiger partial charge in [-0.05, 0) is 18.1 Å². The highest BCUT2D eigenvalue weighted by atomic mass is 16.5. The zero-order valence-corrected chi connectivity index (χ0v) is 10.6. The number of hydrogen-bond donors (Lipinski definition) is 1. The molecule has 0 aromatic heterocycles. The third-order valence-electron chi connectivity index (χ3n) is 2.88. The summed E-state index contributed by atoms with van der Waals surface area (Å²) in [5.41, 5.74) is 8.30. The molecule has 2 rings (SSSR count). The summed E-state index contributed by atoms with van der Waals surface area (Å²) in [5.74, 6) is 0. The predicted octanol–water partition coefficient (Wildman–Crippen LogP) is 3.29. The molecule has 0 saturated heterocycles. The number of nitrogens with two attached hydrogens (primary N) is 1. The standard InChI is InChI=1S/C16H19NO/c1-13(17)16(15-10-6-3-7-11-15)18-12-14-8-4-2-5-9-14/h2-11,13,16H,12,17H2,1H3/t13-,16-/m0/s1. The van der Waals surface area contributed by atoms with Crippen LogP contribution >= 0.6 is 0 Å². The Labute approximate surface area is 108 Å². The van der Waals surface area contributed by atoms with Gasteiger partial charge in [-0.1, -0.05) is 60.7 Å². The van der Waals surface area contributed by atoms with Gasteiger partial charge in [0.1, 0.15) is 0 Å². The van der Waals surface area contributed by atoms with Crippen LogP contribution in [-0.4, -0.2) is 6.04 Å². The van der Waals surface area contributed by atoms with Crippen LogP contribution in [0.15, 0.2) is 60.7 Å². The molecule has 18 heavy (non-hydrogen) atoms. The smallest absolute Gasteiger partial charge is 0.0977 e. The van der Waals surface area contributed by atoms with Crippen LogP contribution in [0, 0.1) is 0 Å². The second-order valence-electron chi connectivity index (χ2n) is 4.49. The van der Waals surface area contributed by atoms with E-state index in [0.29, 0.717) is 6.61 Å². The molecule has 2 aromatic rings. The van der Waals surface area contributed by atoms with Crippen molar-refractivity contribution in [2.24, 2.45) is 5.73 Å². The van der Waals surface area contributed by atoms with E-state index in [1.165, 1.54) is 5.56 Å². The first kappa shape index (κ1) is 12.8. The van der Waals surface area contributed by atoms with Crippen molar-refractivity contribution in [3.8, 4) is 0 Å². The van der Waals surface area contributed by atoms with Crippen molar-refractivity contribution < 1.29 is 4.74 Å². The number of hydrogen-bond acceptors (Lipinski definition) is 2. The average Bonchev–Trinajstić information content (AvgIpc) is 2.41. The molecule has 0 spiro atoms. The molecule has 0 amide bonds. The molecule has 0 bridgehead atoms. The fourth-order valence-electron chi connectivity index (χ4n) is 1.95. The second kappa shape index (κ2) is 6.34. The summed E-state index contributed by atoms with van der Waals surface area (Å²) in [6, 6.07) is 20.3. The summed E-state index contributed by atoms with van der Waals surface area (Å²) in [6.45, 7) is 2.56. The summed E-state index contributed by atoms with van der Waals surface area (Å²) in [7, 11) is 0. The van der Waals surface area contributed by atoms with Crippen LogP contribution in [0.2, 0.25) is 0 Å². The van der Waals surface area contributed by atoms with Gasteiger partial charge in [0.05, 0.1) is 12.7 Å². The number of rotatable bonds is 5. The van der Waals surface area contributed by atoms with Crippen LogP contribution in [0.25, 0.3) is 0 Å². The largest absolute Gasteiger partial charge is 0.367 e. The maximum absolute atomic E-state index is 6.01. The molecule has 2 N–H and O–H groups in total. The van der Waals surface area contributed by atoms with Gasteiger partial charge < -0.3 is 10.5 Å². The van der Waals surface area contributed by atoms with Gasteiger partial charge in [0, 0.05) is 6.04 Å². The molecule has 0 heterocycles. The van der Waals surface area contributed by atoms with E-state index < -0.39 is 0 Å². The molecule has 2 atom stereocenters. The molecule has 0 fully saturated rings. The Bertz CT molecular complexity index is 453. The molecule has 0 aliphatic carbocycles. The van der Waals surface area contributed by atoms with E-state index >= 15 is 0 Å². The summed E-state index contributed by atoms with van der Waals surface area (Å²) in [6.07, 6.45) is -0.0635. The fourth-order valence-corrected chi connectivity index (χ4v) is 1.95. The zero-order chi connectivity index (χ0) is 12.8. The van der Waals surface area contributed by atoms with Crippen molar-refractivity contribution in [1.29, 1.82) is 0 Å². The lowest BCUT2D eigenvalue weighted by Crippen LogP contribution is -2.26. The Morgan fingerprint density at radius 1 is 0.944 bits per heavy atom. The van der Waals surface area contributed by atoms with Crippen molar-refractivity contribution in [3.05, 3.63) is 71.8 Å². The Balaban J connectivity index is 2.04. The predicted molar refractivity (Wildman–Crippen MR) is 74.1 cm³/mol. The molecule has 0 aliphatic heterocycles. The third kappa shape index (κ3) is 3.42. The molecular formula is C16H19NO. The molecule has 0 aliphatic rings. The lowest BCUT2D eigenvalue weighted by molar-refractivity contribution is 0.0259. The Morgan fingerprint density at radius 2 is 1.50 bits per heavy atom. The van der Waals surface area contributed by atoms with Crippen LogP contribution in [-0.2, 0) is 11.3 Å². The molecular weight excluding hydrogens is 222 g/mol. The van der Waals surface area contributed by atoms with E-state index in [0.717, 1.165) is 5.56 Å². The molecule has 0 saturated carbocycles. The minimum absolute atomic E-state index is 0.0314. The summed E-state index contributed by atoms with van der Waals surface area (Å²) in [4.78, 5) is 0. The van der Waals surface area contributed by atoms with E-state index in [-0.39, 0.29) is 12.1 Å². The quantitative estimate of drug-likeness (QED) is 0.871. The Hall–Kier alpha value is -1.64. The monoisotopic (exact) mass is 241 g/mol. The van der Waals surface area contributed by atoms with E-state index in [1.54, 1.807) is 0 Å². The van der Waals surface area contributed by atoms with Gasteiger partial charge in [-0.3, -0.25) is 0 Å². The van der Waals surface area contributed by atoms with E-state index in [9.17, 15) is 0 Å². The van der Waals surface area contributed by atoms with Crippen molar-refractivity contribution in [2.75, 3.05) is 0 Å². The van der Waals surface area contributed by atoms with Crippen LogP contribution < -0.4 is 5.73 Å². The highest BCUT2D eigenvalue weighted by Gasteiger charge is 2.16. The van der Waals surface area contributed by atoms with Gasteiger partial charge in [0.2, 0.25) is 0 Å². The van der Waals surface area contributed by atoms with Gasteiger partial charge in [0.15, 0.2) is 0 Å². The minimum Gasteiger partial charge on any atom is -0.367 e. The van der Waals surface area contributed by atoms with Gasteiger partial charge in [-0.2, -0.15) is 0 Å². The van der Waals surface area contributed by atoms with Gasteiger partial charge >= 0.3 is 0 Å². The van der Waals surface area contributed by atoms with Crippen LogP contribution in [0.4, 0.5) is 0 Å². The lowest BCUT2D eigenvalue weighted by atomic mass is 10.0. The lowest BCUT2D eigenvalue weighted by Gasteiger charge is -2.22. The van der Waals surface area contributed by atoms with Crippen molar-refractivity contribution in [1.82, 2.24) is 0 Å². The van der Waals surface area contributed by atoms with Gasteiger partial charge in [0.25, 0.3) is 0 Å². The highest BCUT2D eigenvalue weighted by Crippen LogP contribution is 2.21. The first-order valence-corrected chi connectivity index (χ1v) is 6.23. The van der Waals surface area contributed by atoms with Gasteiger partial charge in [-0.15, -0.1) is 0 Å². The van der Waals surface area contributed by atoms with Crippen molar-refractivity contribution in [2.45, 2.75) is 25.7 Å². The summed E-state index contributed by atoms with van der Waals surface area (Å²) in [5, 5.41) is 0. The number of ether oxygens (including phenoxy) is 1. The highest BCUT2D eigenvalue weighted by molar-refractivity contribution is 5.19. The number of benzene rings is 2. The maximum atomic E-state index is 6.01. The Morgan fingerprint density at radius 3 is 2.06 bits per heavy atom. The van der Waals surface area contributed by atoms with E-state index in [1.807, 2.05) is 43.3 Å². The average molecular weight is 241 g/mol. The molecule has 2 heteroatoms. The SMILES string of the molecule is C[C@H](N)[C@H](OCc1ccccc1)c1ccccc1. The topological polar surface area (TPSA) is 35.2 Å². The van der Waals surface area contributed by atoms with E-state index in [2.05, 4.69) is 24.3 Å². The van der Waals surface area contributed by atoms with Crippen LogP contribution in [0.5, 0.6) is 0 Å². The summed E-state index contributed by atoms with van der Waals surface area (Å²) >= 11 is 0. The van der Waals surface area contributed by atoms with Crippen LogP contribution in [0.1, 0.15) is 24.2 Å². The first-order chi connectivity index (χ1) is 8.77. The van der Waals surface area contributed by atoms with Crippen molar-refractivity contribution >= 4 is 0 Å². The second-order valence-corrected chi connectivity index (χ2v) is 4.49. The first-order valence-electron chi connectivity index (χ1n) is 6.23. The minimum atomic E-state index is -0.0635. The normalized spacial score (nSPS) is 14.1. The van der Waals surface area contributed by atoms with Crippen LogP contribution in [0.3, 0.4) is 0 Å². The summed E-state index contributed by atoms with van der Waals surface area (Å²) < 4.78 is 5.95. The van der Waals surface area contributed by atoms with E-state index in [4.69, 9.17) is 10.5 Å². The Kier molecular flexibility index (Phi) is 4.51. The molecule has 0 unspecified atom stereocenters. The molecule has 2 nitrogen and oxygen atoms in total. The zero-order valence-electron chi connectivity index (χ0n) is 10.6. The van der Waals surface area contributed by atoms with Crippen molar-refractivity contribution in [3.63, 3.8) is 0 Å². The molecule has 94 valence electrons. The fraction of sp³-hybridized carbons (Fsp3) is 0.250. The molecule has 0 radical (unpaired) electrons. The van der Waals surface area contributed by atoms with Gasteiger partial charge in [-0.25, -0.2) is 0 Å². The third-order valence-corrected chi connectivity index (χ3v) is 2.88.